The molecule has 1 aliphatic rings. The topological polar surface area (TPSA) is 179 Å². The smallest absolute Gasteiger partial charge is 0.431 e. The van der Waals surface area contributed by atoms with Gasteiger partial charge in [0, 0.05) is 38.4 Å². The molecule has 2 aromatic rings. The zero-order valence-electron chi connectivity index (χ0n) is 33.8. The fraction of sp³-hybridized carbons (Fsp3) is 0.659. The van der Waals surface area contributed by atoms with Crippen molar-refractivity contribution in [3.05, 3.63) is 81.1 Å². The van der Waals surface area contributed by atoms with Gasteiger partial charge < -0.3 is 29.7 Å². The number of allylic oxidation sites excluding steroid dienone is 2. The van der Waals surface area contributed by atoms with E-state index in [-0.39, 0.29) is 13.0 Å². The van der Waals surface area contributed by atoms with Crippen LogP contribution in [0.4, 0.5) is 4.79 Å². The maximum atomic E-state index is 12.8. The maximum absolute atomic E-state index is 12.8. The Labute approximate surface area is 343 Å². The van der Waals surface area contributed by atoms with E-state index in [9.17, 15) is 23.8 Å². The lowest BCUT2D eigenvalue weighted by Crippen LogP contribution is -2.36. The molecule has 0 radical (unpaired) electrons. The second kappa shape index (κ2) is 28.2. The molecule has 0 saturated carbocycles. The molecule has 0 spiro atoms. The zero-order valence-corrected chi connectivity index (χ0v) is 35.5. The van der Waals surface area contributed by atoms with E-state index < -0.39 is 56.2 Å². The van der Waals surface area contributed by atoms with Crippen molar-refractivity contribution in [3.63, 3.8) is 0 Å². The molecule has 1 fully saturated rings. The Morgan fingerprint density at radius 2 is 1.51 bits per heavy atom. The van der Waals surface area contributed by atoms with Gasteiger partial charge in [0.25, 0.3) is 5.56 Å². The van der Waals surface area contributed by atoms with E-state index in [0.29, 0.717) is 5.11 Å². The molecule has 4 N–H and O–H groups in total. The number of carbonyl (C=O) groups excluding carboxylic acids is 1. The molecule has 1 aliphatic heterocycles. The van der Waals surface area contributed by atoms with Crippen LogP contribution in [0.25, 0.3) is 0 Å². The fourth-order valence-electron chi connectivity index (χ4n) is 6.70. The molecule has 14 nitrogen and oxygen atoms in total. The van der Waals surface area contributed by atoms with Crippen molar-refractivity contribution in [2.75, 3.05) is 26.8 Å². The van der Waals surface area contributed by atoms with Gasteiger partial charge >= 0.3 is 19.7 Å². The first-order valence-electron chi connectivity index (χ1n) is 20.7. The molecular formula is C41H65N4O10PS. The number of H-pyrrole nitrogens is 1. The molecule has 1 saturated heterocycles. The van der Waals surface area contributed by atoms with Crippen LogP contribution in [0.15, 0.2) is 64.3 Å². The minimum atomic E-state index is -4.57. The van der Waals surface area contributed by atoms with Gasteiger partial charge in [0.2, 0.25) is 0 Å². The second-order valence-corrected chi connectivity index (χ2v) is 16.4. The Kier molecular flexibility index (Phi) is 23.7. The highest BCUT2D eigenvalue weighted by molar-refractivity contribution is 7.80. The van der Waals surface area contributed by atoms with Crippen LogP contribution in [-0.4, -0.2) is 64.7 Å². The van der Waals surface area contributed by atoms with Gasteiger partial charge in [0.1, 0.15) is 31.6 Å². The van der Waals surface area contributed by atoms with Crippen molar-refractivity contribution < 1.29 is 37.5 Å². The van der Waals surface area contributed by atoms with Crippen LogP contribution in [0.3, 0.4) is 0 Å². The molecule has 3 rings (SSSR count). The van der Waals surface area contributed by atoms with E-state index in [0.717, 1.165) is 51.4 Å². The molecule has 57 heavy (non-hydrogen) atoms. The third kappa shape index (κ3) is 19.8. The molecule has 0 aliphatic carbocycles. The summed E-state index contributed by atoms with van der Waals surface area (Å²) in [6.45, 7) is 3.43. The number of carbonyl (C=O) groups is 1. The van der Waals surface area contributed by atoms with E-state index in [1.807, 2.05) is 30.4 Å². The summed E-state index contributed by atoms with van der Waals surface area (Å²) >= 11 is 5.44. The summed E-state index contributed by atoms with van der Waals surface area (Å²) in [6.07, 6.45) is 20.9. The average Bonchev–Trinajstić information content (AvgIpc) is 3.52. The number of nitrogens with one attached hydrogen (secondary N) is 3. The van der Waals surface area contributed by atoms with Crippen LogP contribution in [0.1, 0.15) is 128 Å². The highest BCUT2D eigenvalue weighted by Crippen LogP contribution is 2.50. The van der Waals surface area contributed by atoms with Crippen LogP contribution in [-0.2, 0) is 34.4 Å². The minimum absolute atomic E-state index is 0.0252. The van der Waals surface area contributed by atoms with Crippen molar-refractivity contribution in [2.24, 2.45) is 5.92 Å². The van der Waals surface area contributed by atoms with Crippen molar-refractivity contribution in [1.29, 1.82) is 0 Å². The maximum Gasteiger partial charge on any atom is 0.508 e. The van der Waals surface area contributed by atoms with Crippen LogP contribution < -0.4 is 21.9 Å². The van der Waals surface area contributed by atoms with E-state index in [2.05, 4.69) is 22.5 Å². The molecule has 1 aromatic carbocycles. The van der Waals surface area contributed by atoms with E-state index in [4.69, 9.17) is 35.5 Å². The fourth-order valence-corrected chi connectivity index (χ4v) is 7.59. The van der Waals surface area contributed by atoms with E-state index >= 15 is 0 Å². The first-order valence-corrected chi connectivity index (χ1v) is 22.6. The number of rotatable bonds is 29. The standard InChI is InChI=1S/C41H65N4O10PS/c1-3-4-5-6-7-8-9-10-11-12-13-16-22-28-42-39(57)43-29-23-17-14-15-21-26-34-37(55-56(49,50)51-2)35(54-38(34)45-30-27-36(46)44-40(45)47)32-53-41(48)52-31-33-24-19-18-20-25-33/h15,18-21,24-25,27,30,34-35,37-38H,3-14,16-17,22-23,26,28-29,31-32H2,1-2H3,(H,49,50)(H2,42,43,57)(H,44,46,47)/b21-15+/t34-,35+,37?,38+/m0/s1. The van der Waals surface area contributed by atoms with Crippen LogP contribution in [0, 0.1) is 5.92 Å². The zero-order chi connectivity index (χ0) is 41.1. The molecule has 2 heterocycles. The number of thiocarbonyl (C=S) groups is 1. The number of hydrogen-bond donors (Lipinski definition) is 4. The lowest BCUT2D eigenvalue weighted by Gasteiger charge is -2.25. The van der Waals surface area contributed by atoms with Gasteiger partial charge in [-0.3, -0.25) is 23.4 Å². The molecule has 0 bridgehead atoms. The van der Waals surface area contributed by atoms with Gasteiger partial charge in [0.15, 0.2) is 5.11 Å². The molecular weight excluding hydrogens is 772 g/mol. The molecule has 1 aromatic heterocycles. The van der Waals surface area contributed by atoms with Crippen molar-refractivity contribution in [2.45, 2.75) is 141 Å². The van der Waals surface area contributed by atoms with E-state index in [1.165, 1.54) is 93.9 Å². The Bertz CT molecular complexity index is 1620. The summed E-state index contributed by atoms with van der Waals surface area (Å²) in [6, 6.07) is 10.2. The number of aromatic amines is 1. The highest BCUT2D eigenvalue weighted by atomic mass is 32.1. The monoisotopic (exact) mass is 836 g/mol. The number of phosphoric ester groups is 1. The number of phosphoric acid groups is 1. The van der Waals surface area contributed by atoms with Gasteiger partial charge in [-0.15, -0.1) is 0 Å². The summed E-state index contributed by atoms with van der Waals surface area (Å²) < 4.78 is 40.7. The van der Waals surface area contributed by atoms with Gasteiger partial charge in [-0.2, -0.15) is 0 Å². The first-order chi connectivity index (χ1) is 27.6. The van der Waals surface area contributed by atoms with Crippen molar-refractivity contribution in [3.8, 4) is 0 Å². The average molecular weight is 837 g/mol. The summed E-state index contributed by atoms with van der Waals surface area (Å²) in [5.41, 5.74) is -0.586. The Hall–Kier alpha value is -3.33. The van der Waals surface area contributed by atoms with Gasteiger partial charge in [0.05, 0.1) is 0 Å². The number of hydrogen-bond acceptors (Lipinski definition) is 10. The predicted octanol–water partition coefficient (Wildman–Crippen LogP) is 8.21. The summed E-state index contributed by atoms with van der Waals surface area (Å²) in [7, 11) is -3.54. The third-order valence-electron chi connectivity index (χ3n) is 9.87. The largest absolute Gasteiger partial charge is 0.508 e. The number of benzene rings is 1. The van der Waals surface area contributed by atoms with Gasteiger partial charge in [-0.1, -0.05) is 126 Å². The highest BCUT2D eigenvalue weighted by Gasteiger charge is 2.49. The molecule has 0 amide bonds. The van der Waals surface area contributed by atoms with Crippen LogP contribution in [0.2, 0.25) is 0 Å². The number of nitrogens with zero attached hydrogens (tertiary/aromatic N) is 1. The molecule has 2 unspecified atom stereocenters. The number of aromatic nitrogens is 2. The second-order valence-electron chi connectivity index (χ2n) is 14.4. The summed E-state index contributed by atoms with van der Waals surface area (Å²) in [5, 5.41) is 7.24. The lowest BCUT2D eigenvalue weighted by atomic mass is 9.95. The van der Waals surface area contributed by atoms with Crippen LogP contribution >= 0.6 is 20.0 Å². The van der Waals surface area contributed by atoms with Crippen molar-refractivity contribution >= 4 is 31.3 Å². The molecule has 16 heteroatoms. The predicted molar refractivity (Wildman–Crippen MR) is 225 cm³/mol. The lowest BCUT2D eigenvalue weighted by molar-refractivity contribution is -0.0605. The molecule has 320 valence electrons. The normalized spacial score (nSPS) is 19.0. The van der Waals surface area contributed by atoms with Crippen LogP contribution in [0.5, 0.6) is 0 Å². The summed E-state index contributed by atoms with van der Waals surface area (Å²) in [5.74, 6) is -0.727. The minimum Gasteiger partial charge on any atom is -0.431 e. The Morgan fingerprint density at radius 3 is 2.12 bits per heavy atom. The van der Waals surface area contributed by atoms with Gasteiger partial charge in [-0.25, -0.2) is 14.2 Å². The number of unbranched alkanes of at least 4 members (excludes halogenated alkanes) is 14. The van der Waals surface area contributed by atoms with E-state index in [1.54, 1.807) is 12.1 Å². The summed E-state index contributed by atoms with van der Waals surface area (Å²) in [4.78, 5) is 49.6. The molecule has 5 atom stereocenters. The number of ether oxygens (including phenoxy) is 3. The first kappa shape index (κ1) is 48.0. The van der Waals surface area contributed by atoms with Crippen molar-refractivity contribution in [1.82, 2.24) is 20.2 Å². The van der Waals surface area contributed by atoms with Gasteiger partial charge in [-0.05, 0) is 49.9 Å². The third-order valence-corrected chi connectivity index (χ3v) is 11.1. The SMILES string of the molecule is CCCCCCCCCCCCCCCNC(=S)NCCCC/C=C/C[C@H]1C(OP(=O)(O)OC)[C@@H](COC(=O)OCc2ccccc2)O[C@H]1n1ccc(=O)[nH]c1=O. The quantitative estimate of drug-likeness (QED) is 0.0203. The Morgan fingerprint density at radius 1 is 0.895 bits per heavy atom. The Balaban J connectivity index is 1.41.